The average Bonchev–Trinajstić information content (AvgIpc) is 3.68. The van der Waals surface area contributed by atoms with Crippen LogP contribution in [-0.4, -0.2) is 52.7 Å². The van der Waals surface area contributed by atoms with Gasteiger partial charge in [0.1, 0.15) is 0 Å². The van der Waals surface area contributed by atoms with Crippen molar-refractivity contribution in [2.75, 3.05) is 24.5 Å². The minimum Gasteiger partial charge on any atom is -0.361 e. The van der Waals surface area contributed by atoms with E-state index in [1.54, 1.807) is 10.6 Å². The predicted molar refractivity (Wildman–Crippen MR) is 147 cm³/mol. The van der Waals surface area contributed by atoms with Gasteiger partial charge >= 0.3 is 0 Å². The number of nitrogens with zero attached hydrogens (tertiary/aromatic N) is 4. The summed E-state index contributed by atoms with van der Waals surface area (Å²) in [5.41, 5.74) is 3.73. The van der Waals surface area contributed by atoms with Gasteiger partial charge in [-0.2, -0.15) is 17.0 Å². The summed E-state index contributed by atoms with van der Waals surface area (Å²) < 4.78 is 31.9. The molecular formula is C29H43N5O2S. The van der Waals surface area contributed by atoms with Crippen molar-refractivity contribution in [1.82, 2.24) is 18.6 Å². The Bertz CT molecular complexity index is 1130. The molecule has 1 aromatic carbocycles. The van der Waals surface area contributed by atoms with Gasteiger partial charge in [-0.1, -0.05) is 56.7 Å². The average molecular weight is 526 g/mol. The van der Waals surface area contributed by atoms with Crippen LogP contribution in [0.25, 0.3) is 0 Å². The Morgan fingerprint density at radius 2 is 1.70 bits per heavy atom. The molecule has 1 saturated heterocycles. The number of hydrogen-bond acceptors (Lipinski definition) is 4. The molecule has 3 heterocycles. The van der Waals surface area contributed by atoms with Gasteiger partial charge in [0.2, 0.25) is 0 Å². The van der Waals surface area contributed by atoms with Crippen molar-refractivity contribution in [1.29, 1.82) is 0 Å². The lowest BCUT2D eigenvalue weighted by Gasteiger charge is -2.41. The number of benzene rings is 1. The molecule has 0 bridgehead atoms. The first-order chi connectivity index (χ1) is 18.0. The van der Waals surface area contributed by atoms with E-state index in [1.807, 2.05) is 16.6 Å². The lowest BCUT2D eigenvalue weighted by Crippen LogP contribution is -2.51. The van der Waals surface area contributed by atoms with Crippen molar-refractivity contribution < 1.29 is 8.42 Å². The van der Waals surface area contributed by atoms with E-state index in [4.69, 9.17) is 0 Å². The monoisotopic (exact) mass is 525 g/mol. The third-order valence-corrected chi connectivity index (χ3v) is 11.8. The summed E-state index contributed by atoms with van der Waals surface area (Å²) in [7, 11) is -3.53. The van der Waals surface area contributed by atoms with Crippen LogP contribution in [0.3, 0.4) is 0 Å². The van der Waals surface area contributed by atoms with Gasteiger partial charge in [-0.15, -0.1) is 0 Å². The molecule has 4 aliphatic rings. The number of aromatic nitrogens is 2. The Morgan fingerprint density at radius 1 is 0.946 bits per heavy atom. The maximum Gasteiger partial charge on any atom is 0.282 e. The van der Waals surface area contributed by atoms with Crippen molar-refractivity contribution in [2.24, 2.45) is 11.3 Å². The Morgan fingerprint density at radius 3 is 2.43 bits per heavy atom. The van der Waals surface area contributed by atoms with Crippen LogP contribution in [0.15, 0.2) is 36.8 Å². The van der Waals surface area contributed by atoms with Crippen LogP contribution in [0.2, 0.25) is 0 Å². The molecule has 2 aromatic rings. The Balaban J connectivity index is 1.27. The number of aromatic amines is 1. The Kier molecular flexibility index (Phi) is 7.34. The fraction of sp³-hybridized carbons (Fsp3) is 0.690. The van der Waals surface area contributed by atoms with Gasteiger partial charge in [-0.3, -0.25) is 0 Å². The van der Waals surface area contributed by atoms with E-state index in [0.717, 1.165) is 42.1 Å². The zero-order chi connectivity index (χ0) is 25.3. The highest BCUT2D eigenvalue weighted by Crippen LogP contribution is 2.47. The first-order valence-corrected chi connectivity index (χ1v) is 16.0. The molecule has 0 unspecified atom stereocenters. The van der Waals surface area contributed by atoms with E-state index in [0.29, 0.717) is 38.1 Å². The topological polar surface area (TPSA) is 72.5 Å². The maximum atomic E-state index is 14.2. The summed E-state index contributed by atoms with van der Waals surface area (Å²) in [6.07, 6.45) is 18.4. The van der Waals surface area contributed by atoms with Crippen molar-refractivity contribution >= 4 is 15.9 Å². The van der Waals surface area contributed by atoms with E-state index in [2.05, 4.69) is 33.1 Å². The fourth-order valence-corrected chi connectivity index (χ4v) is 9.24. The van der Waals surface area contributed by atoms with Crippen molar-refractivity contribution in [3.8, 4) is 0 Å². The van der Waals surface area contributed by atoms with E-state index in [-0.39, 0.29) is 6.04 Å². The molecule has 2 aliphatic heterocycles. The van der Waals surface area contributed by atoms with E-state index in [9.17, 15) is 8.42 Å². The van der Waals surface area contributed by atoms with Gasteiger partial charge in [0, 0.05) is 44.1 Å². The number of hydrogen-bond donors (Lipinski definition) is 1. The van der Waals surface area contributed by atoms with Crippen LogP contribution in [0.5, 0.6) is 0 Å². The molecule has 0 amide bonds. The lowest BCUT2D eigenvalue weighted by atomic mass is 9.78. The standard InChI is InChI=1S/C29H43N5O2S/c35-37(36,32-17-15-29(16-18-32)13-5-6-14-29)33-20-25-9-3-4-10-28(25)34(21-26-19-30-23-31-26)27(22-33)12-11-24-7-1-2-8-24/h3-4,9-10,19,23-24,27H,1-2,5-8,11-18,20-22H2,(H,30,31)/t27-/m0/s1. The van der Waals surface area contributed by atoms with Gasteiger partial charge < -0.3 is 9.88 Å². The largest absolute Gasteiger partial charge is 0.361 e. The Hall–Kier alpha value is -1.90. The lowest BCUT2D eigenvalue weighted by molar-refractivity contribution is 0.153. The number of piperidine rings is 1. The summed E-state index contributed by atoms with van der Waals surface area (Å²) in [4.78, 5) is 9.98. The number of imidazole rings is 1. The van der Waals surface area contributed by atoms with Gasteiger partial charge in [0.15, 0.2) is 0 Å². The van der Waals surface area contributed by atoms with Crippen LogP contribution in [0.1, 0.15) is 88.3 Å². The smallest absolute Gasteiger partial charge is 0.282 e. The minimum atomic E-state index is -3.53. The predicted octanol–water partition coefficient (Wildman–Crippen LogP) is 5.47. The molecule has 6 rings (SSSR count). The molecule has 7 nitrogen and oxygen atoms in total. The molecule has 8 heteroatoms. The zero-order valence-corrected chi connectivity index (χ0v) is 23.0. The van der Waals surface area contributed by atoms with Gasteiger partial charge in [0.25, 0.3) is 10.2 Å². The summed E-state index contributed by atoms with van der Waals surface area (Å²) in [6, 6.07) is 8.55. The number of para-hydroxylation sites is 1. The summed E-state index contributed by atoms with van der Waals surface area (Å²) in [5.74, 6) is 0.780. The molecule has 1 spiro atoms. The number of nitrogens with one attached hydrogen (secondary N) is 1. The highest BCUT2D eigenvalue weighted by Gasteiger charge is 2.43. The van der Waals surface area contributed by atoms with Crippen LogP contribution in [0, 0.1) is 11.3 Å². The number of H-pyrrole nitrogens is 1. The number of fused-ring (bicyclic) bond motifs is 1. The fourth-order valence-electron chi connectivity index (χ4n) is 7.61. The van der Waals surface area contributed by atoms with Gasteiger partial charge in [-0.05, 0) is 61.5 Å². The molecule has 1 atom stereocenters. The third kappa shape index (κ3) is 5.34. The van der Waals surface area contributed by atoms with Crippen LogP contribution in [-0.2, 0) is 23.3 Å². The molecule has 1 N–H and O–H groups in total. The first-order valence-electron chi connectivity index (χ1n) is 14.6. The van der Waals surface area contributed by atoms with Crippen molar-refractivity contribution in [2.45, 2.75) is 96.2 Å². The number of anilines is 1. The first kappa shape index (κ1) is 25.4. The SMILES string of the molecule is O=S(=O)(N1CCC2(CCCC2)CC1)N1Cc2ccccc2N(Cc2cnc[nH]2)[C@@H](CCC2CCCC2)C1. The van der Waals surface area contributed by atoms with Crippen LogP contribution in [0.4, 0.5) is 5.69 Å². The molecule has 1 aromatic heterocycles. The molecule has 37 heavy (non-hydrogen) atoms. The highest BCUT2D eigenvalue weighted by atomic mass is 32.2. The van der Waals surface area contributed by atoms with E-state index >= 15 is 0 Å². The zero-order valence-electron chi connectivity index (χ0n) is 22.2. The second-order valence-electron chi connectivity index (χ2n) is 12.1. The summed E-state index contributed by atoms with van der Waals surface area (Å²) >= 11 is 0. The maximum absolute atomic E-state index is 14.2. The van der Waals surface area contributed by atoms with Crippen LogP contribution < -0.4 is 4.90 Å². The van der Waals surface area contributed by atoms with E-state index < -0.39 is 10.2 Å². The van der Waals surface area contributed by atoms with Crippen molar-refractivity contribution in [3.05, 3.63) is 48.0 Å². The molecule has 2 aliphatic carbocycles. The third-order valence-electron chi connectivity index (χ3n) is 9.88. The summed E-state index contributed by atoms with van der Waals surface area (Å²) in [6.45, 7) is 3.04. The van der Waals surface area contributed by atoms with E-state index in [1.165, 1.54) is 57.8 Å². The molecule has 0 radical (unpaired) electrons. The normalized spacial score (nSPS) is 25.5. The van der Waals surface area contributed by atoms with Gasteiger partial charge in [-0.25, -0.2) is 4.98 Å². The molecule has 2 saturated carbocycles. The molecule has 3 fully saturated rings. The molecular weight excluding hydrogens is 482 g/mol. The second-order valence-corrected chi connectivity index (χ2v) is 14.1. The second kappa shape index (κ2) is 10.7. The quantitative estimate of drug-likeness (QED) is 0.520. The van der Waals surface area contributed by atoms with Gasteiger partial charge in [0.05, 0.1) is 18.6 Å². The van der Waals surface area contributed by atoms with Crippen molar-refractivity contribution in [3.63, 3.8) is 0 Å². The highest BCUT2D eigenvalue weighted by molar-refractivity contribution is 7.86. The minimum absolute atomic E-state index is 0.133. The molecule has 202 valence electrons. The number of rotatable bonds is 7. The van der Waals surface area contributed by atoms with Crippen LogP contribution >= 0.6 is 0 Å². The Labute approximate surface area is 222 Å². The summed E-state index contributed by atoms with van der Waals surface area (Å²) in [5, 5.41) is 0.